The zero-order valence-corrected chi connectivity index (χ0v) is 16.7. The van der Waals surface area contributed by atoms with Crippen molar-refractivity contribution >= 4 is 40.9 Å². The first kappa shape index (κ1) is 20.7. The lowest BCUT2D eigenvalue weighted by molar-refractivity contribution is -0.113. The Hall–Kier alpha value is -2.56. The van der Waals surface area contributed by atoms with Crippen molar-refractivity contribution in [3.05, 3.63) is 51.7 Å². The van der Waals surface area contributed by atoms with Crippen LogP contribution in [-0.2, 0) is 9.53 Å². The highest BCUT2D eigenvalue weighted by molar-refractivity contribution is 8.00. The summed E-state index contributed by atoms with van der Waals surface area (Å²) in [6.07, 6.45) is 0. The van der Waals surface area contributed by atoms with Crippen LogP contribution in [0.2, 0.25) is 5.02 Å². The largest absolute Gasteiger partial charge is 0.462 e. The van der Waals surface area contributed by atoms with Gasteiger partial charge in [0.1, 0.15) is 11.1 Å². The second-order valence-corrected chi connectivity index (χ2v) is 7.00. The quantitative estimate of drug-likeness (QED) is 0.575. The molecule has 8 heteroatoms. The number of carbonyl (C=O) groups is 2. The van der Waals surface area contributed by atoms with Crippen molar-refractivity contribution < 1.29 is 14.3 Å². The SMILES string of the molecule is CCOC(=O)c1cc(C#N)c(SCC(=O)Nc2cc(Cl)ccc2C)nc1C. The molecule has 1 aromatic heterocycles. The Kier molecular flexibility index (Phi) is 7.22. The van der Waals surface area contributed by atoms with Crippen molar-refractivity contribution in [2.75, 3.05) is 17.7 Å². The summed E-state index contributed by atoms with van der Waals surface area (Å²) in [4.78, 5) is 28.5. The van der Waals surface area contributed by atoms with Gasteiger partial charge in [0.05, 0.1) is 29.2 Å². The Morgan fingerprint density at radius 3 is 2.74 bits per heavy atom. The first-order chi connectivity index (χ1) is 12.8. The Bertz CT molecular complexity index is 925. The molecule has 1 amide bonds. The summed E-state index contributed by atoms with van der Waals surface area (Å²) >= 11 is 7.08. The Morgan fingerprint density at radius 1 is 1.33 bits per heavy atom. The van der Waals surface area contributed by atoms with E-state index in [1.165, 1.54) is 6.07 Å². The zero-order valence-electron chi connectivity index (χ0n) is 15.1. The predicted octanol–water partition coefficient (Wildman–Crippen LogP) is 4.13. The number of nitriles is 1. The maximum atomic E-state index is 12.2. The molecule has 0 fully saturated rings. The van der Waals surface area contributed by atoms with Gasteiger partial charge in [0, 0.05) is 10.7 Å². The van der Waals surface area contributed by atoms with Gasteiger partial charge in [-0.25, -0.2) is 9.78 Å². The Balaban J connectivity index is 2.12. The number of pyridine rings is 1. The van der Waals surface area contributed by atoms with Crippen LogP contribution in [0.25, 0.3) is 0 Å². The number of benzene rings is 1. The second-order valence-electron chi connectivity index (χ2n) is 5.60. The van der Waals surface area contributed by atoms with Gasteiger partial charge in [-0.1, -0.05) is 29.4 Å². The third-order valence-electron chi connectivity index (χ3n) is 3.61. The molecule has 0 aliphatic carbocycles. The monoisotopic (exact) mass is 403 g/mol. The van der Waals surface area contributed by atoms with Crippen LogP contribution >= 0.6 is 23.4 Å². The smallest absolute Gasteiger partial charge is 0.340 e. The number of ether oxygens (including phenoxy) is 1. The number of halogens is 1. The molecule has 1 aromatic carbocycles. The molecule has 140 valence electrons. The second kappa shape index (κ2) is 9.40. The minimum absolute atomic E-state index is 0.0613. The number of thioether (sulfide) groups is 1. The topological polar surface area (TPSA) is 92.1 Å². The number of rotatable bonds is 6. The number of nitrogens with zero attached hydrogens (tertiary/aromatic N) is 2. The molecule has 0 bridgehead atoms. The molecule has 0 aliphatic heterocycles. The highest BCUT2D eigenvalue weighted by Gasteiger charge is 2.17. The van der Waals surface area contributed by atoms with E-state index in [2.05, 4.69) is 10.3 Å². The highest BCUT2D eigenvalue weighted by atomic mass is 35.5. The van der Waals surface area contributed by atoms with Gasteiger partial charge in [-0.2, -0.15) is 5.26 Å². The van der Waals surface area contributed by atoms with Crippen LogP contribution in [0, 0.1) is 25.2 Å². The molecule has 6 nitrogen and oxygen atoms in total. The van der Waals surface area contributed by atoms with Crippen molar-refractivity contribution in [3.63, 3.8) is 0 Å². The van der Waals surface area contributed by atoms with Crippen molar-refractivity contribution in [2.45, 2.75) is 25.8 Å². The van der Waals surface area contributed by atoms with Gasteiger partial charge in [0.25, 0.3) is 0 Å². The number of hydrogen-bond acceptors (Lipinski definition) is 6. The molecule has 2 aromatic rings. The van der Waals surface area contributed by atoms with Gasteiger partial charge < -0.3 is 10.1 Å². The maximum absolute atomic E-state index is 12.2. The van der Waals surface area contributed by atoms with E-state index < -0.39 is 5.97 Å². The van der Waals surface area contributed by atoms with E-state index in [0.717, 1.165) is 17.3 Å². The van der Waals surface area contributed by atoms with Crippen molar-refractivity contribution in [2.24, 2.45) is 0 Å². The van der Waals surface area contributed by atoms with Crippen LogP contribution in [-0.4, -0.2) is 29.2 Å². The van der Waals surface area contributed by atoms with Crippen LogP contribution in [0.1, 0.15) is 34.1 Å². The van der Waals surface area contributed by atoms with E-state index in [9.17, 15) is 14.9 Å². The first-order valence-corrected chi connectivity index (χ1v) is 9.49. The van der Waals surface area contributed by atoms with Crippen molar-refractivity contribution in [1.82, 2.24) is 4.98 Å². The number of nitrogens with one attached hydrogen (secondary N) is 1. The van der Waals surface area contributed by atoms with Crippen LogP contribution in [0.5, 0.6) is 0 Å². The van der Waals surface area contributed by atoms with Gasteiger partial charge in [0.15, 0.2) is 0 Å². The third kappa shape index (κ3) is 5.46. The number of amides is 1. The lowest BCUT2D eigenvalue weighted by Gasteiger charge is -2.10. The molecule has 2 rings (SSSR count). The van der Waals surface area contributed by atoms with E-state index in [4.69, 9.17) is 16.3 Å². The summed E-state index contributed by atoms with van der Waals surface area (Å²) in [6.45, 7) is 5.47. The van der Waals surface area contributed by atoms with Gasteiger partial charge in [-0.3, -0.25) is 4.79 Å². The summed E-state index contributed by atoms with van der Waals surface area (Å²) in [5, 5.41) is 13.1. The van der Waals surface area contributed by atoms with Crippen molar-refractivity contribution in [3.8, 4) is 6.07 Å². The zero-order chi connectivity index (χ0) is 20.0. The molecular formula is C19H18ClN3O3S. The molecule has 0 spiro atoms. The molecule has 0 saturated heterocycles. The molecular weight excluding hydrogens is 386 g/mol. The normalized spacial score (nSPS) is 10.2. The van der Waals surface area contributed by atoms with E-state index in [1.54, 1.807) is 26.0 Å². The molecule has 0 unspecified atom stereocenters. The fourth-order valence-electron chi connectivity index (χ4n) is 2.24. The van der Waals surface area contributed by atoms with E-state index in [1.807, 2.05) is 19.1 Å². The fourth-order valence-corrected chi connectivity index (χ4v) is 3.21. The summed E-state index contributed by atoms with van der Waals surface area (Å²) in [6, 6.07) is 8.70. The highest BCUT2D eigenvalue weighted by Crippen LogP contribution is 2.24. The lowest BCUT2D eigenvalue weighted by Crippen LogP contribution is -2.15. The van der Waals surface area contributed by atoms with E-state index in [0.29, 0.717) is 21.4 Å². The number of esters is 1. The van der Waals surface area contributed by atoms with Gasteiger partial charge in [0.2, 0.25) is 5.91 Å². The summed E-state index contributed by atoms with van der Waals surface area (Å²) in [7, 11) is 0. The standard InChI is InChI=1S/C19H18ClN3O3S/c1-4-26-19(25)15-7-13(9-21)18(22-12(15)3)27-10-17(24)23-16-8-14(20)6-5-11(16)2/h5-8H,4,10H2,1-3H3,(H,23,24). The number of anilines is 1. The van der Waals surface area contributed by atoms with Crippen LogP contribution < -0.4 is 5.32 Å². The van der Waals surface area contributed by atoms with Crippen LogP contribution in [0.4, 0.5) is 5.69 Å². The predicted molar refractivity (Wildman–Crippen MR) is 105 cm³/mol. The Morgan fingerprint density at radius 2 is 2.07 bits per heavy atom. The number of aryl methyl sites for hydroxylation is 2. The molecule has 27 heavy (non-hydrogen) atoms. The van der Waals surface area contributed by atoms with Crippen LogP contribution in [0.3, 0.4) is 0 Å². The van der Waals surface area contributed by atoms with Crippen LogP contribution in [0.15, 0.2) is 29.3 Å². The Labute approximate surface area is 166 Å². The molecule has 0 radical (unpaired) electrons. The minimum Gasteiger partial charge on any atom is -0.462 e. The van der Waals surface area contributed by atoms with Gasteiger partial charge >= 0.3 is 5.97 Å². The van der Waals surface area contributed by atoms with Gasteiger partial charge in [-0.05, 0) is 44.5 Å². The van der Waals surface area contributed by atoms with Gasteiger partial charge in [-0.15, -0.1) is 0 Å². The number of hydrogen-bond donors (Lipinski definition) is 1. The molecule has 0 aliphatic rings. The third-order valence-corrected chi connectivity index (χ3v) is 4.83. The van der Waals surface area contributed by atoms with E-state index in [-0.39, 0.29) is 29.4 Å². The lowest BCUT2D eigenvalue weighted by atomic mass is 10.1. The molecule has 1 N–H and O–H groups in total. The minimum atomic E-state index is -0.523. The summed E-state index contributed by atoms with van der Waals surface area (Å²) < 4.78 is 4.96. The maximum Gasteiger partial charge on any atom is 0.340 e. The van der Waals surface area contributed by atoms with E-state index >= 15 is 0 Å². The average molecular weight is 404 g/mol. The number of aromatic nitrogens is 1. The molecule has 0 atom stereocenters. The number of carbonyl (C=O) groups excluding carboxylic acids is 2. The molecule has 0 saturated carbocycles. The summed E-state index contributed by atoms with van der Waals surface area (Å²) in [5.41, 5.74) is 2.44. The average Bonchev–Trinajstić information content (AvgIpc) is 2.63. The fraction of sp³-hybridized carbons (Fsp3) is 0.263. The summed E-state index contributed by atoms with van der Waals surface area (Å²) in [5.74, 6) is -0.709. The molecule has 1 heterocycles. The van der Waals surface area contributed by atoms with Crippen molar-refractivity contribution in [1.29, 1.82) is 5.26 Å². The first-order valence-electron chi connectivity index (χ1n) is 8.13.